The number of rotatable bonds is 9. The van der Waals surface area contributed by atoms with Crippen molar-refractivity contribution in [3.8, 4) is 11.5 Å². The van der Waals surface area contributed by atoms with Gasteiger partial charge < -0.3 is 25.4 Å². The molecule has 1 aliphatic heterocycles. The largest absolute Gasteiger partial charge is 0.493 e. The number of nitrogens with two attached hydrogens (primary N) is 1. The number of carboxylic acid groups (broad SMARTS) is 2. The zero-order valence-corrected chi connectivity index (χ0v) is 21.4. The number of nitrogens with zero attached hydrogens (tertiary/aromatic N) is 1. The minimum absolute atomic E-state index is 0.109. The first-order chi connectivity index (χ1) is 17.7. The number of piperidine rings is 1. The van der Waals surface area contributed by atoms with Crippen molar-refractivity contribution in [3.05, 3.63) is 59.2 Å². The first-order valence-corrected chi connectivity index (χ1v) is 12.5. The lowest BCUT2D eigenvalue weighted by Gasteiger charge is -2.32. The fourth-order valence-corrected chi connectivity index (χ4v) is 4.99. The summed E-state index contributed by atoms with van der Waals surface area (Å²) in [5.41, 5.74) is 8.15. The Morgan fingerprint density at radius 2 is 1.68 bits per heavy atom. The highest BCUT2D eigenvalue weighted by Crippen LogP contribution is 2.39. The molecular formula is C28H36N2O7. The summed E-state index contributed by atoms with van der Waals surface area (Å²) in [4.78, 5) is 35.1. The highest BCUT2D eigenvalue weighted by molar-refractivity contribution is 6.02. The van der Waals surface area contributed by atoms with Crippen LogP contribution >= 0.6 is 0 Å². The number of methoxy groups -OCH3 is 2. The molecule has 0 bridgehead atoms. The van der Waals surface area contributed by atoms with Gasteiger partial charge in [-0.25, -0.2) is 0 Å². The summed E-state index contributed by atoms with van der Waals surface area (Å²) >= 11 is 0. The van der Waals surface area contributed by atoms with Gasteiger partial charge >= 0.3 is 11.9 Å². The Kier molecular flexibility index (Phi) is 10.0. The summed E-state index contributed by atoms with van der Waals surface area (Å²) in [6.07, 6.45) is 3.66. The van der Waals surface area contributed by atoms with E-state index in [1.165, 1.54) is 18.4 Å². The molecule has 1 heterocycles. The second-order valence-electron chi connectivity index (χ2n) is 9.61. The summed E-state index contributed by atoms with van der Waals surface area (Å²) in [6, 6.07) is 13.2. The zero-order chi connectivity index (χ0) is 26.9. The summed E-state index contributed by atoms with van der Waals surface area (Å²) in [6.45, 7) is 3.27. The standard InChI is InChI=1S/C24H29NO3.C4H7NO4/c1-27-22-14-19-13-20(24(26)21(19)15-23(22)28-2)12-17-8-10-25(11-9-17)16-18-6-4-3-5-7-18;5-2(4(8)9)1-3(6)7/h3-7,14-15,17,20H,8-13,16H2,1-2H3;2H,1,5H2,(H,6,7)(H,8,9). The number of ether oxygens (including phenoxy) is 2. The van der Waals surface area contributed by atoms with Gasteiger partial charge in [0, 0.05) is 18.0 Å². The Morgan fingerprint density at radius 3 is 2.22 bits per heavy atom. The van der Waals surface area contributed by atoms with Gasteiger partial charge in [0.25, 0.3) is 0 Å². The minimum atomic E-state index is -1.29. The second-order valence-corrected chi connectivity index (χ2v) is 9.61. The van der Waals surface area contributed by atoms with Crippen LogP contribution in [0.25, 0.3) is 0 Å². The molecule has 9 nitrogen and oxygen atoms in total. The molecule has 0 spiro atoms. The van der Waals surface area contributed by atoms with E-state index in [4.69, 9.17) is 25.4 Å². The van der Waals surface area contributed by atoms with Gasteiger partial charge in [0.1, 0.15) is 6.04 Å². The molecule has 37 heavy (non-hydrogen) atoms. The lowest BCUT2D eigenvalue weighted by atomic mass is 9.85. The van der Waals surface area contributed by atoms with Crippen LogP contribution in [0.5, 0.6) is 11.5 Å². The maximum Gasteiger partial charge on any atom is 0.321 e. The van der Waals surface area contributed by atoms with E-state index in [0.29, 0.717) is 17.4 Å². The molecule has 0 saturated carbocycles. The molecule has 1 aliphatic carbocycles. The van der Waals surface area contributed by atoms with Crippen LogP contribution in [-0.4, -0.2) is 66.2 Å². The van der Waals surface area contributed by atoms with E-state index in [0.717, 1.165) is 43.6 Å². The molecule has 2 aromatic rings. The first-order valence-electron chi connectivity index (χ1n) is 12.5. The topological polar surface area (TPSA) is 139 Å². The normalized spacial score (nSPS) is 18.4. The number of ketones is 1. The molecule has 2 aromatic carbocycles. The van der Waals surface area contributed by atoms with Gasteiger partial charge in [0.05, 0.1) is 20.6 Å². The van der Waals surface area contributed by atoms with Crippen LogP contribution in [0.15, 0.2) is 42.5 Å². The Balaban J connectivity index is 0.000000364. The molecule has 2 unspecified atom stereocenters. The zero-order valence-electron chi connectivity index (χ0n) is 21.4. The predicted octanol–water partition coefficient (Wildman–Crippen LogP) is 3.23. The molecule has 2 atom stereocenters. The highest BCUT2D eigenvalue weighted by Gasteiger charge is 2.34. The van der Waals surface area contributed by atoms with E-state index < -0.39 is 24.4 Å². The summed E-state index contributed by atoms with van der Waals surface area (Å²) in [7, 11) is 3.26. The minimum Gasteiger partial charge on any atom is -0.493 e. The van der Waals surface area contributed by atoms with Crippen LogP contribution in [-0.2, 0) is 22.6 Å². The van der Waals surface area contributed by atoms with Crippen LogP contribution < -0.4 is 15.2 Å². The fourth-order valence-electron chi connectivity index (χ4n) is 4.99. The van der Waals surface area contributed by atoms with Gasteiger partial charge in [0.15, 0.2) is 17.3 Å². The third-order valence-electron chi connectivity index (χ3n) is 7.00. The molecule has 4 rings (SSSR count). The Morgan fingerprint density at radius 1 is 1.05 bits per heavy atom. The Hall–Kier alpha value is -3.43. The van der Waals surface area contributed by atoms with Crippen molar-refractivity contribution < 1.29 is 34.1 Å². The molecule has 2 aliphatic rings. The van der Waals surface area contributed by atoms with Crippen LogP contribution in [0.4, 0.5) is 0 Å². The van der Waals surface area contributed by atoms with Crippen molar-refractivity contribution >= 4 is 17.7 Å². The van der Waals surface area contributed by atoms with E-state index in [1.54, 1.807) is 14.2 Å². The molecule has 9 heteroatoms. The lowest BCUT2D eigenvalue weighted by molar-refractivity contribution is -0.144. The number of carbonyl (C=O) groups excluding carboxylic acids is 1. The SMILES string of the molecule is COc1cc2c(cc1OC)C(=O)C(CC1CCN(Cc3ccccc3)CC1)C2.NC(CC(=O)O)C(=O)O. The van der Waals surface area contributed by atoms with Crippen molar-refractivity contribution in [3.63, 3.8) is 0 Å². The van der Waals surface area contributed by atoms with E-state index >= 15 is 0 Å². The molecule has 200 valence electrons. The van der Waals surface area contributed by atoms with Crippen LogP contribution in [0, 0.1) is 11.8 Å². The molecule has 1 fully saturated rings. The van der Waals surface area contributed by atoms with E-state index in [-0.39, 0.29) is 11.7 Å². The molecule has 4 N–H and O–H groups in total. The van der Waals surface area contributed by atoms with Gasteiger partial charge in [-0.2, -0.15) is 0 Å². The van der Waals surface area contributed by atoms with Crippen molar-refractivity contribution in [1.29, 1.82) is 0 Å². The monoisotopic (exact) mass is 512 g/mol. The number of aliphatic carboxylic acids is 2. The van der Waals surface area contributed by atoms with Crippen LogP contribution in [0.3, 0.4) is 0 Å². The number of carbonyl (C=O) groups is 3. The number of fused-ring (bicyclic) bond motifs is 1. The van der Waals surface area contributed by atoms with Crippen molar-refractivity contribution in [2.45, 2.75) is 44.7 Å². The molecule has 1 saturated heterocycles. The number of likely N-dealkylation sites (tertiary alicyclic amines) is 1. The summed E-state index contributed by atoms with van der Waals surface area (Å²) in [5.74, 6) is -0.116. The molecular weight excluding hydrogens is 476 g/mol. The highest BCUT2D eigenvalue weighted by atomic mass is 16.5. The van der Waals surface area contributed by atoms with Gasteiger partial charge in [-0.3, -0.25) is 19.3 Å². The number of Topliss-reactive ketones (excluding diaryl/α,β-unsaturated/α-hetero) is 1. The predicted molar refractivity (Wildman–Crippen MR) is 138 cm³/mol. The van der Waals surface area contributed by atoms with Gasteiger partial charge in [-0.05, 0) is 68.0 Å². The second kappa shape index (κ2) is 13.2. The Labute approximate surface area is 217 Å². The van der Waals surface area contributed by atoms with Gasteiger partial charge in [-0.15, -0.1) is 0 Å². The number of hydrogen-bond acceptors (Lipinski definition) is 7. The van der Waals surface area contributed by atoms with Crippen LogP contribution in [0.2, 0.25) is 0 Å². The molecule has 0 aromatic heterocycles. The summed E-state index contributed by atoms with van der Waals surface area (Å²) in [5, 5.41) is 16.0. The number of benzene rings is 2. The molecule has 0 radical (unpaired) electrons. The number of hydrogen-bond donors (Lipinski definition) is 3. The average Bonchev–Trinajstić information content (AvgIpc) is 3.18. The van der Waals surface area contributed by atoms with Crippen molar-refractivity contribution in [1.82, 2.24) is 4.90 Å². The van der Waals surface area contributed by atoms with Crippen molar-refractivity contribution in [2.24, 2.45) is 17.6 Å². The lowest BCUT2D eigenvalue weighted by Crippen LogP contribution is -2.34. The van der Waals surface area contributed by atoms with E-state index in [9.17, 15) is 14.4 Å². The van der Waals surface area contributed by atoms with Gasteiger partial charge in [-0.1, -0.05) is 30.3 Å². The quantitative estimate of drug-likeness (QED) is 0.462. The van der Waals surface area contributed by atoms with Crippen LogP contribution in [0.1, 0.15) is 47.2 Å². The average molecular weight is 513 g/mol. The third-order valence-corrected chi connectivity index (χ3v) is 7.00. The maximum atomic E-state index is 12.9. The summed E-state index contributed by atoms with van der Waals surface area (Å²) < 4.78 is 10.8. The Bertz CT molecular complexity index is 1080. The maximum absolute atomic E-state index is 12.9. The smallest absolute Gasteiger partial charge is 0.321 e. The van der Waals surface area contributed by atoms with Crippen molar-refractivity contribution in [2.75, 3.05) is 27.3 Å². The number of carboxylic acids is 2. The van der Waals surface area contributed by atoms with E-state index in [2.05, 4.69) is 35.2 Å². The first kappa shape index (κ1) is 28.1. The van der Waals surface area contributed by atoms with E-state index in [1.807, 2.05) is 12.1 Å². The van der Waals surface area contributed by atoms with Gasteiger partial charge in [0.2, 0.25) is 0 Å². The fraction of sp³-hybridized carbons (Fsp3) is 0.464. The third kappa shape index (κ3) is 7.77. The molecule has 0 amide bonds.